The van der Waals surface area contributed by atoms with E-state index < -0.39 is 6.04 Å². The molecule has 0 aliphatic heterocycles. The number of methoxy groups -OCH3 is 1. The molecule has 0 aliphatic rings. The van der Waals surface area contributed by atoms with Gasteiger partial charge < -0.3 is 21.1 Å². The van der Waals surface area contributed by atoms with Crippen LogP contribution in [0.25, 0.3) is 0 Å². The van der Waals surface area contributed by atoms with E-state index in [1.807, 2.05) is 0 Å². The summed E-state index contributed by atoms with van der Waals surface area (Å²) in [5, 5.41) is 5.64. The summed E-state index contributed by atoms with van der Waals surface area (Å²) in [6.07, 6.45) is 2.94. The number of nitrogens with zero attached hydrogens (tertiary/aromatic N) is 2. The van der Waals surface area contributed by atoms with Crippen molar-refractivity contribution < 1.29 is 9.53 Å². The Morgan fingerprint density at radius 1 is 1.53 bits per heavy atom. The van der Waals surface area contributed by atoms with Crippen molar-refractivity contribution in [1.29, 1.82) is 0 Å². The molecule has 104 valence electrons. The number of hydrogen-bond donors (Lipinski definition) is 3. The molecule has 1 rings (SSSR count). The van der Waals surface area contributed by atoms with E-state index in [1.165, 1.54) is 12.4 Å². The van der Waals surface area contributed by atoms with E-state index in [4.69, 9.17) is 22.7 Å². The van der Waals surface area contributed by atoms with Gasteiger partial charge in [-0.15, -0.1) is 0 Å². The molecule has 1 amide bonds. The van der Waals surface area contributed by atoms with E-state index in [-0.39, 0.29) is 10.9 Å². The molecule has 1 atom stereocenters. The predicted octanol–water partition coefficient (Wildman–Crippen LogP) is -0.326. The quantitative estimate of drug-likeness (QED) is 0.465. The zero-order valence-corrected chi connectivity index (χ0v) is 11.7. The third-order valence-electron chi connectivity index (χ3n) is 2.27. The summed E-state index contributed by atoms with van der Waals surface area (Å²) >= 11 is 4.77. The minimum atomic E-state index is -0.429. The van der Waals surface area contributed by atoms with E-state index >= 15 is 0 Å². The molecule has 0 aromatic carbocycles. The molecule has 0 saturated carbocycles. The van der Waals surface area contributed by atoms with Gasteiger partial charge in [-0.25, -0.2) is 9.97 Å². The minimum Gasteiger partial charge on any atom is -0.388 e. The SMILES string of the molecule is COCCNC(=O)C(C)Nc1cnc(C(N)=S)cn1. The number of nitrogens with one attached hydrogen (secondary N) is 2. The molecule has 0 fully saturated rings. The normalized spacial score (nSPS) is 11.7. The smallest absolute Gasteiger partial charge is 0.242 e. The molecule has 7 nitrogen and oxygen atoms in total. The van der Waals surface area contributed by atoms with Crippen LogP contribution in [0, 0.1) is 0 Å². The van der Waals surface area contributed by atoms with E-state index in [0.29, 0.717) is 24.7 Å². The fourth-order valence-electron chi connectivity index (χ4n) is 1.25. The topological polar surface area (TPSA) is 102 Å². The van der Waals surface area contributed by atoms with Gasteiger partial charge in [0.05, 0.1) is 19.0 Å². The third-order valence-corrected chi connectivity index (χ3v) is 2.48. The Balaban J connectivity index is 2.49. The first-order chi connectivity index (χ1) is 9.04. The van der Waals surface area contributed by atoms with Crippen molar-refractivity contribution in [1.82, 2.24) is 15.3 Å². The maximum Gasteiger partial charge on any atom is 0.242 e. The van der Waals surface area contributed by atoms with Crippen LogP contribution in [0.3, 0.4) is 0 Å². The first-order valence-electron chi connectivity index (χ1n) is 5.69. The van der Waals surface area contributed by atoms with Crippen LogP contribution < -0.4 is 16.4 Å². The van der Waals surface area contributed by atoms with Crippen LogP contribution in [-0.2, 0) is 9.53 Å². The van der Waals surface area contributed by atoms with E-state index in [0.717, 1.165) is 0 Å². The van der Waals surface area contributed by atoms with Gasteiger partial charge in [-0.2, -0.15) is 0 Å². The number of rotatable bonds is 7. The molecule has 0 saturated heterocycles. The van der Waals surface area contributed by atoms with Crippen molar-refractivity contribution in [2.24, 2.45) is 5.73 Å². The lowest BCUT2D eigenvalue weighted by molar-refractivity contribution is -0.121. The van der Waals surface area contributed by atoms with Gasteiger partial charge in [0.2, 0.25) is 5.91 Å². The van der Waals surface area contributed by atoms with Gasteiger partial charge in [0.25, 0.3) is 0 Å². The molecule has 8 heteroatoms. The van der Waals surface area contributed by atoms with Gasteiger partial charge >= 0.3 is 0 Å². The van der Waals surface area contributed by atoms with Crippen molar-refractivity contribution in [3.8, 4) is 0 Å². The summed E-state index contributed by atoms with van der Waals surface area (Å²) in [4.78, 5) is 20.0. The highest BCUT2D eigenvalue weighted by atomic mass is 32.1. The first-order valence-corrected chi connectivity index (χ1v) is 6.10. The number of hydrogen-bond acceptors (Lipinski definition) is 6. The fraction of sp³-hybridized carbons (Fsp3) is 0.455. The third kappa shape index (κ3) is 5.14. The first kappa shape index (κ1) is 15.3. The Kier molecular flexibility index (Phi) is 6.10. The number of nitrogens with two attached hydrogens (primary N) is 1. The average molecular weight is 283 g/mol. The number of carbonyl (C=O) groups excluding carboxylic acids is 1. The van der Waals surface area contributed by atoms with Gasteiger partial charge in [0.15, 0.2) is 0 Å². The Bertz CT molecular complexity index is 437. The molecule has 1 aromatic rings. The highest BCUT2D eigenvalue weighted by molar-refractivity contribution is 7.80. The van der Waals surface area contributed by atoms with Crippen LogP contribution in [0.4, 0.5) is 5.82 Å². The van der Waals surface area contributed by atoms with Crippen molar-refractivity contribution in [2.75, 3.05) is 25.6 Å². The number of anilines is 1. The lowest BCUT2D eigenvalue weighted by Crippen LogP contribution is -2.39. The number of thiocarbonyl (C=S) groups is 1. The number of aromatic nitrogens is 2. The summed E-state index contributed by atoms with van der Waals surface area (Å²) in [5.41, 5.74) is 5.86. The maximum absolute atomic E-state index is 11.7. The second-order valence-electron chi connectivity index (χ2n) is 3.80. The number of amides is 1. The standard InChI is InChI=1S/C11H17N5O2S/c1-7(11(17)13-3-4-18-2)16-9-6-14-8(5-15-9)10(12)19/h5-7H,3-4H2,1-2H3,(H2,12,19)(H,13,17)(H,15,16). The zero-order chi connectivity index (χ0) is 14.3. The predicted molar refractivity (Wildman–Crippen MR) is 75.9 cm³/mol. The summed E-state index contributed by atoms with van der Waals surface area (Å²) in [7, 11) is 1.58. The summed E-state index contributed by atoms with van der Waals surface area (Å²) in [5.74, 6) is 0.340. The van der Waals surface area contributed by atoms with E-state index in [1.54, 1.807) is 14.0 Å². The molecule has 1 heterocycles. The summed E-state index contributed by atoms with van der Waals surface area (Å²) in [6, 6.07) is -0.429. The van der Waals surface area contributed by atoms with Crippen molar-refractivity contribution in [3.63, 3.8) is 0 Å². The summed E-state index contributed by atoms with van der Waals surface area (Å²) in [6.45, 7) is 2.67. The largest absolute Gasteiger partial charge is 0.388 e. The molecule has 1 unspecified atom stereocenters. The molecule has 4 N–H and O–H groups in total. The molecule has 0 aliphatic carbocycles. The highest BCUT2D eigenvalue weighted by Crippen LogP contribution is 2.03. The molecule has 19 heavy (non-hydrogen) atoms. The Labute approximate surface area is 116 Å². The van der Waals surface area contributed by atoms with E-state index in [2.05, 4.69) is 20.6 Å². The van der Waals surface area contributed by atoms with Crippen LogP contribution >= 0.6 is 12.2 Å². The van der Waals surface area contributed by atoms with Crippen LogP contribution in [-0.4, -0.2) is 47.2 Å². The van der Waals surface area contributed by atoms with Gasteiger partial charge in [-0.1, -0.05) is 12.2 Å². The number of ether oxygens (including phenoxy) is 1. The Hall–Kier alpha value is -1.80. The van der Waals surface area contributed by atoms with Gasteiger partial charge in [-0.05, 0) is 6.92 Å². The highest BCUT2D eigenvalue weighted by Gasteiger charge is 2.12. The van der Waals surface area contributed by atoms with Crippen LogP contribution in [0.1, 0.15) is 12.6 Å². The second kappa shape index (κ2) is 7.59. The van der Waals surface area contributed by atoms with Gasteiger partial charge in [0, 0.05) is 13.7 Å². The molecular formula is C11H17N5O2S. The monoisotopic (exact) mass is 283 g/mol. The minimum absolute atomic E-state index is 0.141. The van der Waals surface area contributed by atoms with Crippen molar-refractivity contribution in [2.45, 2.75) is 13.0 Å². The van der Waals surface area contributed by atoms with Crippen molar-refractivity contribution in [3.05, 3.63) is 18.1 Å². The molecule has 0 bridgehead atoms. The molecule has 0 spiro atoms. The lowest BCUT2D eigenvalue weighted by Gasteiger charge is -2.14. The van der Waals surface area contributed by atoms with Crippen molar-refractivity contribution >= 4 is 28.9 Å². The molecule has 0 radical (unpaired) electrons. The van der Waals surface area contributed by atoms with Crippen LogP contribution in [0.5, 0.6) is 0 Å². The van der Waals surface area contributed by atoms with Gasteiger partial charge in [-0.3, -0.25) is 4.79 Å². The van der Waals surface area contributed by atoms with E-state index in [9.17, 15) is 4.79 Å². The Morgan fingerprint density at radius 3 is 2.79 bits per heavy atom. The fourth-order valence-corrected chi connectivity index (χ4v) is 1.35. The zero-order valence-electron chi connectivity index (χ0n) is 10.8. The average Bonchev–Trinajstić information content (AvgIpc) is 2.39. The number of carbonyl (C=O) groups is 1. The molecular weight excluding hydrogens is 266 g/mol. The maximum atomic E-state index is 11.7. The van der Waals surface area contributed by atoms with Crippen LogP contribution in [0.2, 0.25) is 0 Å². The second-order valence-corrected chi connectivity index (χ2v) is 4.24. The lowest BCUT2D eigenvalue weighted by atomic mass is 10.3. The van der Waals surface area contributed by atoms with Crippen LogP contribution in [0.15, 0.2) is 12.4 Å². The molecule has 1 aromatic heterocycles. The van der Waals surface area contributed by atoms with Gasteiger partial charge in [0.1, 0.15) is 22.5 Å². The Morgan fingerprint density at radius 2 is 2.26 bits per heavy atom. The summed E-state index contributed by atoms with van der Waals surface area (Å²) < 4.78 is 4.84.